The molecule has 1 amide bonds. The highest BCUT2D eigenvalue weighted by molar-refractivity contribution is 7.09. The molecule has 0 aliphatic rings. The van der Waals surface area contributed by atoms with Crippen molar-refractivity contribution in [3.63, 3.8) is 0 Å². The summed E-state index contributed by atoms with van der Waals surface area (Å²) in [6.45, 7) is 1.84. The van der Waals surface area contributed by atoms with Gasteiger partial charge in [0.05, 0.1) is 17.0 Å². The zero-order chi connectivity index (χ0) is 19.0. The van der Waals surface area contributed by atoms with Crippen molar-refractivity contribution in [3.05, 3.63) is 64.3 Å². The maximum absolute atomic E-state index is 12.5. The number of nitrogens with zero attached hydrogens (tertiary/aromatic N) is 1. The highest BCUT2D eigenvalue weighted by atomic mass is 32.1. The van der Waals surface area contributed by atoms with Gasteiger partial charge in [-0.15, -0.1) is 11.3 Å². The minimum absolute atomic E-state index is 0.329. The Bertz CT molecular complexity index is 1180. The molecule has 0 aliphatic heterocycles. The second-order valence-electron chi connectivity index (χ2n) is 6.05. The highest BCUT2D eigenvalue weighted by Crippen LogP contribution is 2.32. The van der Waals surface area contributed by atoms with E-state index in [0.29, 0.717) is 22.6 Å². The maximum atomic E-state index is 12.5. The zero-order valence-electron chi connectivity index (χ0n) is 14.4. The smallest absolute Gasteiger partial charge is 0.275 e. The number of nitrogens with one attached hydrogen (secondary N) is 2. The van der Waals surface area contributed by atoms with Crippen molar-refractivity contribution in [2.75, 3.05) is 11.1 Å². The van der Waals surface area contributed by atoms with Gasteiger partial charge in [-0.25, -0.2) is 4.98 Å². The van der Waals surface area contributed by atoms with Crippen LogP contribution in [0, 0.1) is 12.3 Å². The summed E-state index contributed by atoms with van der Waals surface area (Å²) in [7, 11) is 0. The number of rotatable bonds is 4. The number of carbonyl (C=O) groups excluding carboxylic acids is 1. The van der Waals surface area contributed by atoms with Gasteiger partial charge in [0.2, 0.25) is 0 Å². The molecule has 6 nitrogen and oxygen atoms in total. The second kappa shape index (κ2) is 6.69. The topological polar surface area (TPSA) is 105 Å². The number of aryl methyl sites for hydroxylation is 1. The Morgan fingerprint density at radius 1 is 1.26 bits per heavy atom. The molecule has 27 heavy (non-hydrogen) atoms. The number of furan rings is 1. The number of thiazole rings is 1. The summed E-state index contributed by atoms with van der Waals surface area (Å²) < 4.78 is 5.38. The average molecular weight is 376 g/mol. The summed E-state index contributed by atoms with van der Waals surface area (Å²) in [4.78, 5) is 16.7. The fourth-order valence-electron chi connectivity index (χ4n) is 2.91. The molecule has 4 aromatic rings. The van der Waals surface area contributed by atoms with E-state index in [4.69, 9.17) is 15.6 Å². The molecular formula is C20H16N4O2S. The quantitative estimate of drug-likeness (QED) is 0.355. The van der Waals surface area contributed by atoms with Crippen LogP contribution in [-0.4, -0.2) is 17.1 Å². The first-order chi connectivity index (χ1) is 13.0. The number of aromatic nitrogens is 1. The molecule has 0 saturated heterocycles. The van der Waals surface area contributed by atoms with E-state index in [9.17, 15) is 4.79 Å². The van der Waals surface area contributed by atoms with Gasteiger partial charge in [-0.3, -0.25) is 4.79 Å². The number of fused-ring (bicyclic) bond motifs is 1. The molecule has 0 radical (unpaired) electrons. The number of amides is 1. The van der Waals surface area contributed by atoms with E-state index < -0.39 is 0 Å². The molecule has 134 valence electrons. The Labute approximate surface area is 159 Å². The normalized spacial score (nSPS) is 10.9. The third kappa shape index (κ3) is 3.20. The predicted octanol–water partition coefficient (Wildman–Crippen LogP) is 4.70. The second-order valence-corrected chi connectivity index (χ2v) is 7.11. The van der Waals surface area contributed by atoms with Gasteiger partial charge in [-0.2, -0.15) is 0 Å². The van der Waals surface area contributed by atoms with Crippen LogP contribution in [0.4, 0.5) is 11.4 Å². The number of hydrogen-bond acceptors (Lipinski definition) is 6. The van der Waals surface area contributed by atoms with E-state index >= 15 is 0 Å². The molecule has 2 aromatic heterocycles. The minimum atomic E-state index is -0.329. The van der Waals surface area contributed by atoms with Crippen LogP contribution in [0.25, 0.3) is 22.1 Å². The standard InChI is InChI=1S/C20H16N4O2S/c1-11-23-18(10-27-11)20(25)24-17-8-14(7-16(22)15(17)9-21)12-2-3-19-13(6-12)4-5-26-19/h2-10,21H,22H2,1H3,(H,24,25). The Kier molecular flexibility index (Phi) is 4.21. The summed E-state index contributed by atoms with van der Waals surface area (Å²) in [6, 6.07) is 11.3. The number of nitrogen functional groups attached to an aromatic ring is 1. The summed E-state index contributed by atoms with van der Waals surface area (Å²) in [5.74, 6) is -0.329. The average Bonchev–Trinajstić information content (AvgIpc) is 3.29. The molecule has 0 saturated carbocycles. The van der Waals surface area contributed by atoms with Crippen LogP contribution < -0.4 is 11.1 Å². The number of nitrogens with two attached hydrogens (primary N) is 1. The van der Waals surface area contributed by atoms with Crippen molar-refractivity contribution in [2.45, 2.75) is 6.92 Å². The summed E-state index contributed by atoms with van der Waals surface area (Å²) in [5, 5.41) is 14.0. The van der Waals surface area contributed by atoms with Crippen LogP contribution in [-0.2, 0) is 0 Å². The Balaban J connectivity index is 1.76. The van der Waals surface area contributed by atoms with Crippen LogP contribution in [0.2, 0.25) is 0 Å². The first-order valence-electron chi connectivity index (χ1n) is 8.20. The van der Waals surface area contributed by atoms with Gasteiger partial charge < -0.3 is 20.9 Å². The molecule has 4 N–H and O–H groups in total. The minimum Gasteiger partial charge on any atom is -0.464 e. The molecule has 7 heteroatoms. The number of benzene rings is 2. The van der Waals surface area contributed by atoms with Crippen LogP contribution in [0.3, 0.4) is 0 Å². The van der Waals surface area contributed by atoms with Gasteiger partial charge >= 0.3 is 0 Å². The number of hydrogen-bond donors (Lipinski definition) is 3. The van der Waals surface area contributed by atoms with E-state index in [0.717, 1.165) is 33.3 Å². The molecular weight excluding hydrogens is 360 g/mol. The lowest BCUT2D eigenvalue weighted by Crippen LogP contribution is -2.14. The zero-order valence-corrected chi connectivity index (χ0v) is 15.3. The first kappa shape index (κ1) is 17.0. The fourth-order valence-corrected chi connectivity index (χ4v) is 3.50. The summed E-state index contributed by atoms with van der Waals surface area (Å²) in [6.07, 6.45) is 2.78. The highest BCUT2D eigenvalue weighted by Gasteiger charge is 2.15. The molecule has 0 bridgehead atoms. The summed E-state index contributed by atoms with van der Waals surface area (Å²) in [5.41, 5.74) is 10.4. The Morgan fingerprint density at radius 3 is 2.85 bits per heavy atom. The van der Waals surface area contributed by atoms with E-state index in [-0.39, 0.29) is 5.91 Å². The molecule has 0 spiro atoms. The molecule has 4 rings (SSSR count). The van der Waals surface area contributed by atoms with Crippen LogP contribution in [0.1, 0.15) is 21.1 Å². The number of carbonyl (C=O) groups is 1. The third-order valence-electron chi connectivity index (χ3n) is 4.24. The maximum Gasteiger partial charge on any atom is 0.275 e. The van der Waals surface area contributed by atoms with Crippen molar-refractivity contribution in [1.82, 2.24) is 4.98 Å². The SMILES string of the molecule is Cc1nc(C(=O)Nc2cc(-c3ccc4occc4c3)cc(N)c2C=N)cs1. The van der Waals surface area contributed by atoms with Crippen LogP contribution in [0.15, 0.2) is 52.5 Å². The molecule has 2 aromatic carbocycles. The van der Waals surface area contributed by atoms with Crippen molar-refractivity contribution in [2.24, 2.45) is 0 Å². The van der Waals surface area contributed by atoms with Crippen molar-refractivity contribution in [3.8, 4) is 11.1 Å². The van der Waals surface area contributed by atoms with E-state index in [1.54, 1.807) is 17.7 Å². The van der Waals surface area contributed by atoms with Gasteiger partial charge in [-0.1, -0.05) is 6.07 Å². The van der Waals surface area contributed by atoms with Gasteiger partial charge in [0.1, 0.15) is 11.3 Å². The lowest BCUT2D eigenvalue weighted by Gasteiger charge is -2.13. The number of anilines is 2. The van der Waals surface area contributed by atoms with Crippen molar-refractivity contribution < 1.29 is 9.21 Å². The Hall–Kier alpha value is -3.45. The first-order valence-corrected chi connectivity index (χ1v) is 9.08. The molecule has 2 heterocycles. The van der Waals surface area contributed by atoms with Crippen LogP contribution in [0.5, 0.6) is 0 Å². The van der Waals surface area contributed by atoms with Crippen molar-refractivity contribution in [1.29, 1.82) is 5.41 Å². The molecule has 0 aliphatic carbocycles. The van der Waals surface area contributed by atoms with E-state index in [1.807, 2.05) is 37.3 Å². The molecule has 0 unspecified atom stereocenters. The third-order valence-corrected chi connectivity index (χ3v) is 5.02. The lowest BCUT2D eigenvalue weighted by atomic mass is 10.00. The van der Waals surface area contributed by atoms with Gasteiger partial charge in [0.15, 0.2) is 0 Å². The lowest BCUT2D eigenvalue weighted by molar-refractivity contribution is 0.102. The van der Waals surface area contributed by atoms with Gasteiger partial charge in [0, 0.05) is 28.2 Å². The van der Waals surface area contributed by atoms with Crippen molar-refractivity contribution >= 4 is 45.8 Å². The largest absolute Gasteiger partial charge is 0.464 e. The van der Waals surface area contributed by atoms with Gasteiger partial charge in [-0.05, 0) is 48.4 Å². The van der Waals surface area contributed by atoms with E-state index in [1.165, 1.54) is 11.3 Å². The monoisotopic (exact) mass is 376 g/mol. The van der Waals surface area contributed by atoms with E-state index in [2.05, 4.69) is 10.3 Å². The predicted molar refractivity (Wildman–Crippen MR) is 109 cm³/mol. The molecule has 0 atom stereocenters. The fraction of sp³-hybridized carbons (Fsp3) is 0.0500. The van der Waals surface area contributed by atoms with Crippen LogP contribution >= 0.6 is 11.3 Å². The Morgan fingerprint density at radius 2 is 2.11 bits per heavy atom. The molecule has 0 fully saturated rings. The van der Waals surface area contributed by atoms with Gasteiger partial charge in [0.25, 0.3) is 5.91 Å². The summed E-state index contributed by atoms with van der Waals surface area (Å²) >= 11 is 1.41.